The lowest BCUT2D eigenvalue weighted by atomic mass is 10.2. The maximum atomic E-state index is 12.8. The fraction of sp³-hybridized carbons (Fsp3) is 0.722. The summed E-state index contributed by atoms with van der Waals surface area (Å²) in [6.07, 6.45) is 1.96. The van der Waals surface area contributed by atoms with Crippen LogP contribution in [0, 0.1) is 0 Å². The first-order chi connectivity index (χ1) is 12.6. The summed E-state index contributed by atoms with van der Waals surface area (Å²) in [5, 5.41) is 3.45. The third-order valence-corrected chi connectivity index (χ3v) is 4.70. The molecule has 3 rings (SSSR count). The number of nitrogens with one attached hydrogen (secondary N) is 1. The second-order valence-electron chi connectivity index (χ2n) is 7.11. The Morgan fingerprint density at radius 3 is 2.69 bits per heavy atom. The SMILES string of the molecule is CCCN1Cc2c(NCCCN(C)C)nc(N3CCOCC3)nc2C1=O. The van der Waals surface area contributed by atoms with Gasteiger partial charge in [0, 0.05) is 31.7 Å². The van der Waals surface area contributed by atoms with E-state index in [1.54, 1.807) is 0 Å². The minimum absolute atomic E-state index is 0.0232. The van der Waals surface area contributed by atoms with Crippen LogP contribution in [-0.4, -0.2) is 85.7 Å². The summed E-state index contributed by atoms with van der Waals surface area (Å²) in [5.41, 5.74) is 1.50. The number of morpholine rings is 1. The van der Waals surface area contributed by atoms with Crippen LogP contribution in [-0.2, 0) is 11.3 Å². The Balaban J connectivity index is 1.82. The quantitative estimate of drug-likeness (QED) is 0.693. The molecule has 3 heterocycles. The predicted octanol–water partition coefficient (Wildman–Crippen LogP) is 1.04. The van der Waals surface area contributed by atoms with E-state index in [-0.39, 0.29) is 5.91 Å². The van der Waals surface area contributed by atoms with E-state index < -0.39 is 0 Å². The molecule has 2 aliphatic rings. The summed E-state index contributed by atoms with van der Waals surface area (Å²) in [6, 6.07) is 0. The highest BCUT2D eigenvalue weighted by Gasteiger charge is 2.33. The Hall–Kier alpha value is -1.93. The molecule has 1 N–H and O–H groups in total. The number of amides is 1. The molecule has 1 saturated heterocycles. The third-order valence-electron chi connectivity index (χ3n) is 4.70. The van der Waals surface area contributed by atoms with Crippen molar-refractivity contribution in [1.29, 1.82) is 0 Å². The van der Waals surface area contributed by atoms with Gasteiger partial charge in [0.1, 0.15) is 11.5 Å². The molecule has 1 aromatic heterocycles. The second-order valence-corrected chi connectivity index (χ2v) is 7.11. The number of rotatable bonds is 8. The van der Waals surface area contributed by atoms with Gasteiger partial charge in [0.05, 0.1) is 19.8 Å². The highest BCUT2D eigenvalue weighted by atomic mass is 16.5. The molecular weight excluding hydrogens is 332 g/mol. The molecule has 0 aromatic carbocycles. The van der Waals surface area contributed by atoms with E-state index in [4.69, 9.17) is 9.72 Å². The summed E-state index contributed by atoms with van der Waals surface area (Å²) < 4.78 is 5.42. The van der Waals surface area contributed by atoms with Crippen LogP contribution in [0.2, 0.25) is 0 Å². The van der Waals surface area contributed by atoms with Gasteiger partial charge < -0.3 is 24.8 Å². The van der Waals surface area contributed by atoms with Crippen LogP contribution in [0.1, 0.15) is 35.8 Å². The number of hydrogen-bond donors (Lipinski definition) is 1. The lowest BCUT2D eigenvalue weighted by Gasteiger charge is -2.27. The molecule has 8 nitrogen and oxygen atoms in total. The zero-order valence-electron chi connectivity index (χ0n) is 16.1. The molecular formula is C18H30N6O2. The monoisotopic (exact) mass is 362 g/mol. The van der Waals surface area contributed by atoms with Gasteiger partial charge in [-0.25, -0.2) is 4.98 Å². The molecule has 0 radical (unpaired) electrons. The van der Waals surface area contributed by atoms with Crippen LogP contribution in [0.4, 0.5) is 11.8 Å². The summed E-state index contributed by atoms with van der Waals surface area (Å²) in [7, 11) is 4.14. The van der Waals surface area contributed by atoms with Crippen molar-refractivity contribution < 1.29 is 9.53 Å². The van der Waals surface area contributed by atoms with Crippen molar-refractivity contribution in [2.75, 3.05) is 70.2 Å². The maximum Gasteiger partial charge on any atom is 0.273 e. The number of anilines is 2. The Kier molecular flexibility index (Phi) is 6.26. The molecule has 2 aliphatic heterocycles. The van der Waals surface area contributed by atoms with Crippen LogP contribution in [0.5, 0.6) is 0 Å². The summed E-state index contributed by atoms with van der Waals surface area (Å²) >= 11 is 0. The van der Waals surface area contributed by atoms with Crippen LogP contribution >= 0.6 is 0 Å². The topological polar surface area (TPSA) is 73.8 Å². The van der Waals surface area contributed by atoms with Gasteiger partial charge in [0.25, 0.3) is 5.91 Å². The predicted molar refractivity (Wildman–Crippen MR) is 102 cm³/mol. The number of fused-ring (bicyclic) bond motifs is 1. The van der Waals surface area contributed by atoms with E-state index in [9.17, 15) is 4.79 Å². The number of aromatic nitrogens is 2. The summed E-state index contributed by atoms with van der Waals surface area (Å²) in [4.78, 5) is 28.3. The summed E-state index contributed by atoms with van der Waals surface area (Å²) in [5.74, 6) is 1.46. The lowest BCUT2D eigenvalue weighted by Crippen LogP contribution is -2.37. The molecule has 1 fully saturated rings. The number of carbonyl (C=O) groups excluding carboxylic acids is 1. The first-order valence-corrected chi connectivity index (χ1v) is 9.51. The average Bonchev–Trinajstić information content (AvgIpc) is 2.96. The van der Waals surface area contributed by atoms with Crippen molar-refractivity contribution in [3.63, 3.8) is 0 Å². The fourth-order valence-electron chi connectivity index (χ4n) is 3.31. The Bertz CT molecular complexity index is 630. The molecule has 0 bridgehead atoms. The number of hydrogen-bond acceptors (Lipinski definition) is 7. The number of carbonyl (C=O) groups is 1. The standard InChI is InChI=1S/C18H30N6O2/c1-4-7-24-13-14-15(17(24)25)20-18(23-9-11-26-12-10-23)21-16(14)19-6-5-8-22(2)3/h4-13H2,1-3H3,(H,19,20,21). The normalized spacial score (nSPS) is 17.2. The Morgan fingerprint density at radius 2 is 2.00 bits per heavy atom. The van der Waals surface area contributed by atoms with E-state index in [0.29, 0.717) is 31.4 Å². The van der Waals surface area contributed by atoms with Crippen molar-refractivity contribution in [3.8, 4) is 0 Å². The van der Waals surface area contributed by atoms with Gasteiger partial charge in [-0.15, -0.1) is 0 Å². The first-order valence-electron chi connectivity index (χ1n) is 9.51. The molecule has 26 heavy (non-hydrogen) atoms. The molecule has 0 aliphatic carbocycles. The fourth-order valence-corrected chi connectivity index (χ4v) is 3.31. The van der Waals surface area contributed by atoms with Gasteiger partial charge >= 0.3 is 0 Å². The van der Waals surface area contributed by atoms with Crippen molar-refractivity contribution >= 4 is 17.7 Å². The molecule has 0 spiro atoms. The van der Waals surface area contributed by atoms with Crippen molar-refractivity contribution in [2.24, 2.45) is 0 Å². The van der Waals surface area contributed by atoms with Crippen molar-refractivity contribution in [3.05, 3.63) is 11.3 Å². The molecule has 1 aromatic rings. The van der Waals surface area contributed by atoms with E-state index in [2.05, 4.69) is 41.1 Å². The van der Waals surface area contributed by atoms with E-state index in [0.717, 1.165) is 56.9 Å². The van der Waals surface area contributed by atoms with Crippen molar-refractivity contribution in [2.45, 2.75) is 26.3 Å². The second kappa shape index (κ2) is 8.64. The highest BCUT2D eigenvalue weighted by Crippen LogP contribution is 2.29. The number of ether oxygens (including phenoxy) is 1. The Labute approximate surface area is 155 Å². The van der Waals surface area contributed by atoms with Crippen LogP contribution in [0.3, 0.4) is 0 Å². The average molecular weight is 362 g/mol. The van der Waals surface area contributed by atoms with Crippen LogP contribution in [0.15, 0.2) is 0 Å². The van der Waals surface area contributed by atoms with Gasteiger partial charge in [-0.3, -0.25) is 4.79 Å². The number of nitrogens with zero attached hydrogens (tertiary/aromatic N) is 5. The third kappa shape index (κ3) is 4.24. The molecule has 0 unspecified atom stereocenters. The van der Waals surface area contributed by atoms with Crippen molar-refractivity contribution in [1.82, 2.24) is 19.8 Å². The van der Waals surface area contributed by atoms with E-state index in [1.165, 1.54) is 0 Å². The zero-order chi connectivity index (χ0) is 18.5. The minimum atomic E-state index is 0.0232. The lowest BCUT2D eigenvalue weighted by molar-refractivity contribution is 0.0774. The van der Waals surface area contributed by atoms with Gasteiger partial charge in [-0.05, 0) is 33.5 Å². The van der Waals surface area contributed by atoms with Crippen LogP contribution < -0.4 is 10.2 Å². The van der Waals surface area contributed by atoms with E-state index >= 15 is 0 Å². The molecule has 1 amide bonds. The van der Waals surface area contributed by atoms with Crippen LogP contribution in [0.25, 0.3) is 0 Å². The summed E-state index contributed by atoms with van der Waals surface area (Å²) in [6.45, 7) is 8.12. The molecule has 0 atom stereocenters. The van der Waals surface area contributed by atoms with Gasteiger partial charge in [-0.2, -0.15) is 4.98 Å². The van der Waals surface area contributed by atoms with Gasteiger partial charge in [0.2, 0.25) is 5.95 Å². The first kappa shape index (κ1) is 18.8. The van der Waals surface area contributed by atoms with Gasteiger partial charge in [-0.1, -0.05) is 6.92 Å². The van der Waals surface area contributed by atoms with E-state index in [1.807, 2.05) is 4.90 Å². The highest BCUT2D eigenvalue weighted by molar-refractivity contribution is 5.98. The van der Waals surface area contributed by atoms with Gasteiger partial charge in [0.15, 0.2) is 0 Å². The Morgan fingerprint density at radius 1 is 1.23 bits per heavy atom. The smallest absolute Gasteiger partial charge is 0.273 e. The largest absolute Gasteiger partial charge is 0.378 e. The maximum absolute atomic E-state index is 12.8. The minimum Gasteiger partial charge on any atom is -0.378 e. The molecule has 8 heteroatoms. The molecule has 144 valence electrons. The zero-order valence-corrected chi connectivity index (χ0v) is 16.1. The molecule has 0 saturated carbocycles.